The van der Waals surface area contributed by atoms with Gasteiger partial charge in [-0.1, -0.05) is 30.4 Å². The van der Waals surface area contributed by atoms with Gasteiger partial charge in [-0.15, -0.1) is 0 Å². The van der Waals surface area contributed by atoms with Crippen molar-refractivity contribution in [1.29, 1.82) is 0 Å². The summed E-state index contributed by atoms with van der Waals surface area (Å²) in [5, 5.41) is 0. The first kappa shape index (κ1) is 24.8. The number of ether oxygens (including phenoxy) is 1. The molecule has 11 heteroatoms. The third kappa shape index (κ3) is 5.82. The summed E-state index contributed by atoms with van der Waals surface area (Å²) >= 11 is 0. The molecule has 0 saturated carbocycles. The number of nitrogen functional groups attached to an aromatic ring is 3. The highest BCUT2D eigenvalue weighted by Gasteiger charge is 2.22. The lowest BCUT2D eigenvalue weighted by atomic mass is 9.96. The summed E-state index contributed by atoms with van der Waals surface area (Å²) in [6, 6.07) is 12.6. The first-order valence-corrected chi connectivity index (χ1v) is 12.0. The van der Waals surface area contributed by atoms with Crippen LogP contribution in [0.4, 0.5) is 17.5 Å². The Kier molecular flexibility index (Phi) is 7.52. The van der Waals surface area contributed by atoms with Crippen molar-refractivity contribution in [3.8, 4) is 11.5 Å². The second-order valence-electron chi connectivity index (χ2n) is 7.95. The first-order valence-electron chi connectivity index (χ1n) is 10.9. The van der Waals surface area contributed by atoms with Crippen molar-refractivity contribution in [1.82, 2.24) is 9.97 Å². The van der Waals surface area contributed by atoms with Crippen molar-refractivity contribution in [2.75, 3.05) is 24.3 Å². The summed E-state index contributed by atoms with van der Waals surface area (Å²) in [5.41, 5.74) is 21.3. The van der Waals surface area contributed by atoms with E-state index in [-0.39, 0.29) is 12.4 Å². The molecule has 36 heavy (non-hydrogen) atoms. The van der Waals surface area contributed by atoms with Gasteiger partial charge in [-0.2, -0.15) is 18.3 Å². The molecule has 0 aliphatic heterocycles. The molecular weight excluding hydrogens is 482 g/mol. The lowest BCUT2D eigenvalue weighted by Gasteiger charge is -2.24. The summed E-state index contributed by atoms with van der Waals surface area (Å²) in [7, 11) is -0.888. The van der Waals surface area contributed by atoms with E-state index in [2.05, 4.69) is 9.97 Å². The number of rotatable bonds is 8. The number of aromatic nitrogens is 2. The van der Waals surface area contributed by atoms with Gasteiger partial charge in [0.1, 0.15) is 11.9 Å². The van der Waals surface area contributed by atoms with Crippen molar-refractivity contribution >= 4 is 32.6 Å². The average Bonchev–Trinajstić information content (AvgIpc) is 2.86. The SMILES string of the molecule is COOc1ccc(Cc2cnc(N)nc2N)cc1OC(C1=CCC(=S(=O)=O)C=C1)c1ccc(N)cc1. The minimum atomic E-state index is -2.29. The molecule has 1 aromatic heterocycles. The monoisotopic (exact) mass is 507 g/mol. The van der Waals surface area contributed by atoms with Gasteiger partial charge in [0, 0.05) is 30.3 Å². The van der Waals surface area contributed by atoms with Gasteiger partial charge >= 0.3 is 0 Å². The van der Waals surface area contributed by atoms with Crippen LogP contribution in [0.5, 0.6) is 11.5 Å². The molecule has 0 fully saturated rings. The third-order valence-electron chi connectivity index (χ3n) is 5.49. The predicted molar refractivity (Wildman–Crippen MR) is 138 cm³/mol. The molecule has 1 aliphatic carbocycles. The molecule has 1 heterocycles. The van der Waals surface area contributed by atoms with Crippen LogP contribution < -0.4 is 26.8 Å². The van der Waals surface area contributed by atoms with Gasteiger partial charge in [0.2, 0.25) is 22.0 Å². The summed E-state index contributed by atoms with van der Waals surface area (Å²) < 4.78 is 29.2. The highest BCUT2D eigenvalue weighted by Crippen LogP contribution is 2.37. The van der Waals surface area contributed by atoms with Gasteiger partial charge in [-0.25, -0.2) is 4.98 Å². The lowest BCUT2D eigenvalue weighted by Crippen LogP contribution is -2.14. The van der Waals surface area contributed by atoms with E-state index in [0.717, 1.165) is 16.7 Å². The van der Waals surface area contributed by atoms with Gasteiger partial charge < -0.3 is 26.8 Å². The Bertz CT molecular complexity index is 1460. The lowest BCUT2D eigenvalue weighted by molar-refractivity contribution is -0.179. The number of allylic oxidation sites excluding steroid dienone is 2. The second-order valence-corrected chi connectivity index (χ2v) is 8.95. The fourth-order valence-corrected chi connectivity index (χ4v) is 4.09. The second kappa shape index (κ2) is 10.9. The molecule has 4 rings (SSSR count). The molecule has 0 radical (unpaired) electrons. The van der Waals surface area contributed by atoms with E-state index >= 15 is 0 Å². The maximum Gasteiger partial charge on any atom is 0.221 e. The highest BCUT2D eigenvalue weighted by atomic mass is 32.2. The summed E-state index contributed by atoms with van der Waals surface area (Å²) in [5.74, 6) is 1.16. The molecule has 1 aliphatic rings. The number of hydrogen-bond donors (Lipinski definition) is 3. The number of nitrogens with zero attached hydrogens (tertiary/aromatic N) is 2. The fourth-order valence-electron chi connectivity index (χ4n) is 3.69. The van der Waals surface area contributed by atoms with Crippen molar-refractivity contribution < 1.29 is 22.9 Å². The van der Waals surface area contributed by atoms with Gasteiger partial charge in [0.15, 0.2) is 5.75 Å². The Labute approximate surface area is 209 Å². The van der Waals surface area contributed by atoms with Crippen LogP contribution >= 0.6 is 0 Å². The van der Waals surface area contributed by atoms with Gasteiger partial charge in [-0.3, -0.25) is 0 Å². The van der Waals surface area contributed by atoms with Crippen molar-refractivity contribution in [3.05, 3.63) is 89.2 Å². The van der Waals surface area contributed by atoms with E-state index in [9.17, 15) is 8.42 Å². The van der Waals surface area contributed by atoms with E-state index in [1.165, 1.54) is 7.11 Å². The number of anilines is 3. The molecule has 0 spiro atoms. The van der Waals surface area contributed by atoms with E-state index in [4.69, 9.17) is 31.7 Å². The largest absolute Gasteiger partial charge is 0.477 e. The first-order chi connectivity index (χ1) is 17.3. The average molecular weight is 508 g/mol. The van der Waals surface area contributed by atoms with Crippen LogP contribution in [0.1, 0.15) is 29.2 Å². The summed E-state index contributed by atoms with van der Waals surface area (Å²) in [4.78, 5) is 18.6. The molecule has 0 bridgehead atoms. The van der Waals surface area contributed by atoms with Crippen molar-refractivity contribution in [2.45, 2.75) is 18.9 Å². The Morgan fingerprint density at radius 1 is 1.03 bits per heavy atom. The Morgan fingerprint density at radius 3 is 2.44 bits per heavy atom. The zero-order chi connectivity index (χ0) is 25.7. The van der Waals surface area contributed by atoms with Crippen LogP contribution in [0.25, 0.3) is 0 Å². The minimum absolute atomic E-state index is 0.102. The van der Waals surface area contributed by atoms with Crippen LogP contribution in [0.2, 0.25) is 0 Å². The maximum absolute atomic E-state index is 11.4. The van der Waals surface area contributed by atoms with Crippen LogP contribution in [-0.4, -0.2) is 30.4 Å². The molecule has 3 aromatic rings. The number of benzene rings is 2. The molecule has 0 saturated heterocycles. The van der Waals surface area contributed by atoms with Crippen molar-refractivity contribution in [2.24, 2.45) is 0 Å². The topological polar surface area (TPSA) is 166 Å². The maximum atomic E-state index is 11.4. The van der Waals surface area contributed by atoms with E-state index in [0.29, 0.717) is 39.9 Å². The van der Waals surface area contributed by atoms with Crippen LogP contribution in [0.15, 0.2) is 72.5 Å². The predicted octanol–water partition coefficient (Wildman–Crippen LogP) is 2.81. The Morgan fingerprint density at radius 2 is 1.81 bits per heavy atom. The molecule has 0 amide bonds. The van der Waals surface area contributed by atoms with E-state index in [1.807, 2.05) is 30.3 Å². The minimum Gasteiger partial charge on any atom is -0.477 e. The molecule has 10 nitrogen and oxygen atoms in total. The summed E-state index contributed by atoms with van der Waals surface area (Å²) in [6.45, 7) is 0. The Balaban J connectivity index is 1.71. The zero-order valence-electron chi connectivity index (χ0n) is 19.4. The molecule has 2 aromatic carbocycles. The molecule has 1 atom stereocenters. The third-order valence-corrected chi connectivity index (χ3v) is 6.22. The van der Waals surface area contributed by atoms with Crippen LogP contribution in [-0.2, 0) is 21.6 Å². The molecule has 1 unspecified atom stereocenters. The zero-order valence-corrected chi connectivity index (χ0v) is 20.2. The Hall–Kier alpha value is -4.35. The van der Waals surface area contributed by atoms with E-state index < -0.39 is 16.4 Å². The van der Waals surface area contributed by atoms with Crippen LogP contribution in [0, 0.1) is 0 Å². The summed E-state index contributed by atoms with van der Waals surface area (Å²) in [6.07, 6.45) is 6.80. The fraction of sp³-hybridized carbons (Fsp3) is 0.160. The highest BCUT2D eigenvalue weighted by molar-refractivity contribution is 7.73. The smallest absolute Gasteiger partial charge is 0.221 e. The van der Waals surface area contributed by atoms with Gasteiger partial charge in [0.05, 0.1) is 12.0 Å². The standard InChI is InChI=1S/C25H25N5O5S/c1-33-35-21-11-2-15(12-18-14-29-25(28)30-24(18)27)13-22(21)34-23(16-3-7-19(26)8-4-16)17-5-9-20(10-6-17)36(31)32/h2-9,11,13-14,23H,10,12,26H2,1H3,(H4,27,28,29,30). The normalized spacial score (nSPS) is 13.7. The van der Waals surface area contributed by atoms with Crippen LogP contribution in [0.3, 0.4) is 0 Å². The molecule has 6 N–H and O–H groups in total. The molecular formula is C25H25N5O5S. The number of hydrogen-bond acceptors (Lipinski definition) is 10. The van der Waals surface area contributed by atoms with E-state index in [1.54, 1.807) is 36.5 Å². The quantitative estimate of drug-likeness (QED) is 0.179. The van der Waals surface area contributed by atoms with Crippen molar-refractivity contribution in [3.63, 3.8) is 0 Å². The van der Waals surface area contributed by atoms with Gasteiger partial charge in [-0.05, 0) is 47.0 Å². The number of nitrogens with two attached hydrogens (primary N) is 3. The molecule has 186 valence electrons. The van der Waals surface area contributed by atoms with Gasteiger partial charge in [0.25, 0.3) is 0 Å².